The molecule has 1 aliphatic carbocycles. The second-order valence-corrected chi connectivity index (χ2v) is 8.30. The molecule has 1 saturated carbocycles. The topological polar surface area (TPSA) is 88.4 Å². The molecule has 0 aliphatic heterocycles. The highest BCUT2D eigenvalue weighted by Gasteiger charge is 2.38. The molecule has 0 bridgehead atoms. The molecule has 1 fully saturated rings. The zero-order valence-corrected chi connectivity index (χ0v) is 18.3. The molecular weight excluding hydrogens is 416 g/mol. The van der Waals surface area contributed by atoms with Gasteiger partial charge in [0.15, 0.2) is 0 Å². The number of hydrogen-bond donors (Lipinski definition) is 1. The monoisotopic (exact) mass is 442 g/mol. The first kappa shape index (κ1) is 22.5. The number of nitrogens with zero attached hydrogens (tertiary/aromatic N) is 1. The maximum atomic E-state index is 12.8. The summed E-state index contributed by atoms with van der Waals surface area (Å²) in [6.07, 6.45) is 1.82. The number of amides is 1. The molecule has 168 valence electrons. The number of ether oxygens (including phenoxy) is 2. The van der Waals surface area contributed by atoms with Crippen LogP contribution in [0, 0.1) is 23.2 Å². The van der Waals surface area contributed by atoms with Crippen LogP contribution < -0.4 is 5.32 Å². The lowest BCUT2D eigenvalue weighted by Crippen LogP contribution is -2.43. The lowest BCUT2D eigenvalue weighted by molar-refractivity contribution is -0.127. The summed E-state index contributed by atoms with van der Waals surface area (Å²) in [4.78, 5) is 25.4. The van der Waals surface area contributed by atoms with E-state index in [0.29, 0.717) is 12.2 Å². The van der Waals surface area contributed by atoms with Gasteiger partial charge in [0.25, 0.3) is 0 Å². The van der Waals surface area contributed by atoms with Crippen molar-refractivity contribution in [2.75, 3.05) is 13.2 Å². The van der Waals surface area contributed by atoms with Gasteiger partial charge in [-0.2, -0.15) is 5.26 Å². The minimum absolute atomic E-state index is 0.00875. The number of rotatable bonds is 10. The average molecular weight is 443 g/mol. The molecule has 6 heteroatoms. The Kier molecular flexibility index (Phi) is 7.33. The number of nitrogens with one attached hydrogen (secondary N) is 1. The fraction of sp³-hybridized carbons (Fsp3) is 0.296. The summed E-state index contributed by atoms with van der Waals surface area (Å²) in [5.74, 6) is -1.04. The van der Waals surface area contributed by atoms with E-state index in [0.717, 1.165) is 29.2 Å². The van der Waals surface area contributed by atoms with E-state index in [1.807, 2.05) is 60.7 Å². The van der Waals surface area contributed by atoms with Crippen molar-refractivity contribution < 1.29 is 19.1 Å². The van der Waals surface area contributed by atoms with Crippen LogP contribution in [0.4, 0.5) is 0 Å². The number of carbonyl (C=O) groups excluding carboxylic acids is 2. The van der Waals surface area contributed by atoms with Gasteiger partial charge in [-0.3, -0.25) is 4.79 Å². The summed E-state index contributed by atoms with van der Waals surface area (Å²) in [6.45, 7) is 0.445. The molecule has 2 unspecified atom stereocenters. The Morgan fingerprint density at radius 1 is 0.970 bits per heavy atom. The largest absolute Gasteiger partial charge is 0.461 e. The summed E-state index contributed by atoms with van der Waals surface area (Å²) < 4.78 is 11.1. The molecule has 3 aromatic rings. The second kappa shape index (κ2) is 10.8. The van der Waals surface area contributed by atoms with Crippen LogP contribution in [0.5, 0.6) is 0 Å². The maximum Gasteiger partial charge on any atom is 0.338 e. The molecule has 2 atom stereocenters. The van der Waals surface area contributed by atoms with Crippen LogP contribution >= 0.6 is 0 Å². The van der Waals surface area contributed by atoms with Crippen LogP contribution in [0.15, 0.2) is 72.8 Å². The Bertz CT molecular complexity index is 1150. The molecular formula is C27H26N2O4. The maximum absolute atomic E-state index is 12.8. The van der Waals surface area contributed by atoms with Crippen molar-refractivity contribution in [1.29, 1.82) is 5.26 Å². The van der Waals surface area contributed by atoms with Crippen LogP contribution in [0.25, 0.3) is 10.8 Å². The third kappa shape index (κ3) is 6.18. The predicted octanol–water partition coefficient (Wildman–Crippen LogP) is 4.25. The van der Waals surface area contributed by atoms with Crippen LogP contribution in [-0.2, 0) is 20.9 Å². The number of benzene rings is 3. The predicted molar refractivity (Wildman–Crippen MR) is 124 cm³/mol. The fourth-order valence-corrected chi connectivity index (χ4v) is 3.75. The quantitative estimate of drug-likeness (QED) is 0.474. The molecule has 0 saturated heterocycles. The molecule has 0 aromatic heterocycles. The number of fused-ring (bicyclic) bond motifs is 1. The molecule has 4 rings (SSSR count). The highest BCUT2D eigenvalue weighted by atomic mass is 16.5. The lowest BCUT2D eigenvalue weighted by atomic mass is 10.0. The summed E-state index contributed by atoms with van der Waals surface area (Å²) >= 11 is 0. The van der Waals surface area contributed by atoms with Crippen molar-refractivity contribution in [3.05, 3.63) is 83.9 Å². The second-order valence-electron chi connectivity index (χ2n) is 8.30. The first-order valence-corrected chi connectivity index (χ1v) is 11.1. The van der Waals surface area contributed by atoms with E-state index in [-0.39, 0.29) is 25.0 Å². The fourth-order valence-electron chi connectivity index (χ4n) is 3.75. The van der Waals surface area contributed by atoms with Gasteiger partial charge in [0, 0.05) is 0 Å². The number of nitriles is 1. The highest BCUT2D eigenvalue weighted by Crippen LogP contribution is 2.37. The lowest BCUT2D eigenvalue weighted by Gasteiger charge is -2.19. The molecule has 0 heterocycles. The van der Waals surface area contributed by atoms with Crippen LogP contribution in [0.1, 0.15) is 28.8 Å². The molecule has 0 radical (unpaired) electrons. The first-order chi connectivity index (χ1) is 16.1. The molecule has 1 amide bonds. The van der Waals surface area contributed by atoms with Gasteiger partial charge >= 0.3 is 5.97 Å². The van der Waals surface area contributed by atoms with Crippen molar-refractivity contribution in [2.45, 2.75) is 25.5 Å². The SMILES string of the molecule is N#CC(COCc1ccccc1)NC(=O)C(COC(=O)c1ccc2ccccc2c1)C1CC1. The summed E-state index contributed by atoms with van der Waals surface area (Å²) in [5.41, 5.74) is 1.45. The van der Waals surface area contributed by atoms with Crippen molar-refractivity contribution in [3.8, 4) is 6.07 Å². The van der Waals surface area contributed by atoms with Gasteiger partial charge in [0.05, 0.1) is 30.8 Å². The van der Waals surface area contributed by atoms with Crippen LogP contribution in [0.2, 0.25) is 0 Å². The molecule has 1 N–H and O–H groups in total. The molecule has 1 aliphatic rings. The average Bonchev–Trinajstić information content (AvgIpc) is 3.69. The van der Waals surface area contributed by atoms with Crippen molar-refractivity contribution in [2.24, 2.45) is 11.8 Å². The minimum Gasteiger partial charge on any atom is -0.461 e. The van der Waals surface area contributed by atoms with Gasteiger partial charge in [-0.15, -0.1) is 0 Å². The third-order valence-electron chi connectivity index (χ3n) is 5.78. The van der Waals surface area contributed by atoms with Gasteiger partial charge in [-0.1, -0.05) is 60.7 Å². The number of carbonyl (C=O) groups is 2. The smallest absolute Gasteiger partial charge is 0.338 e. The van der Waals surface area contributed by atoms with Gasteiger partial charge in [-0.25, -0.2) is 4.79 Å². The summed E-state index contributed by atoms with van der Waals surface area (Å²) in [6, 6.07) is 24.1. The normalized spacial score (nSPS) is 14.8. The van der Waals surface area contributed by atoms with Crippen LogP contribution in [-0.4, -0.2) is 31.1 Å². The van der Waals surface area contributed by atoms with Gasteiger partial charge in [0.2, 0.25) is 5.91 Å². The molecule has 33 heavy (non-hydrogen) atoms. The Morgan fingerprint density at radius 3 is 2.42 bits per heavy atom. The Morgan fingerprint density at radius 2 is 1.70 bits per heavy atom. The molecule has 0 spiro atoms. The van der Waals surface area contributed by atoms with E-state index < -0.39 is 17.9 Å². The van der Waals surface area contributed by atoms with Crippen LogP contribution in [0.3, 0.4) is 0 Å². The summed E-state index contributed by atoms with van der Waals surface area (Å²) in [7, 11) is 0. The summed E-state index contributed by atoms with van der Waals surface area (Å²) in [5, 5.41) is 14.2. The Labute approximate surface area is 193 Å². The number of esters is 1. The van der Waals surface area contributed by atoms with E-state index >= 15 is 0 Å². The minimum atomic E-state index is -0.765. The van der Waals surface area contributed by atoms with Gasteiger partial charge < -0.3 is 14.8 Å². The van der Waals surface area contributed by atoms with Crippen molar-refractivity contribution in [3.63, 3.8) is 0 Å². The Balaban J connectivity index is 1.30. The third-order valence-corrected chi connectivity index (χ3v) is 5.78. The van der Waals surface area contributed by atoms with E-state index in [1.165, 1.54) is 0 Å². The number of hydrogen-bond acceptors (Lipinski definition) is 5. The van der Waals surface area contributed by atoms with E-state index in [4.69, 9.17) is 9.47 Å². The van der Waals surface area contributed by atoms with E-state index in [1.54, 1.807) is 12.1 Å². The van der Waals surface area contributed by atoms with Crippen molar-refractivity contribution in [1.82, 2.24) is 5.32 Å². The standard InChI is InChI=1S/C27H26N2O4/c28-15-24(17-32-16-19-6-2-1-3-7-19)29-26(30)25(21-11-12-21)18-33-27(31)23-13-10-20-8-4-5-9-22(20)14-23/h1-10,13-14,21,24-25H,11-12,16-18H2,(H,29,30). The first-order valence-electron chi connectivity index (χ1n) is 11.1. The molecule has 3 aromatic carbocycles. The van der Waals surface area contributed by atoms with Crippen molar-refractivity contribution >= 4 is 22.6 Å². The van der Waals surface area contributed by atoms with E-state index in [2.05, 4.69) is 11.4 Å². The molecule has 6 nitrogen and oxygen atoms in total. The van der Waals surface area contributed by atoms with Gasteiger partial charge in [0.1, 0.15) is 12.6 Å². The zero-order chi connectivity index (χ0) is 23.0. The zero-order valence-electron chi connectivity index (χ0n) is 18.3. The highest BCUT2D eigenvalue weighted by molar-refractivity contribution is 5.95. The van der Waals surface area contributed by atoms with E-state index in [9.17, 15) is 14.9 Å². The Hall–Kier alpha value is -3.69. The van der Waals surface area contributed by atoms with Gasteiger partial charge in [-0.05, 0) is 47.2 Å².